The molecule has 0 aromatic rings. The van der Waals surface area contributed by atoms with Crippen molar-refractivity contribution in [1.29, 1.82) is 0 Å². The van der Waals surface area contributed by atoms with Crippen molar-refractivity contribution < 1.29 is 64.6 Å². The van der Waals surface area contributed by atoms with E-state index in [-0.39, 0.29) is 12.5 Å². The topological polar surface area (TPSA) is 228 Å². The third-order valence-corrected chi connectivity index (χ3v) is 14.4. The zero-order valence-electron chi connectivity index (χ0n) is 44.7. The van der Waals surface area contributed by atoms with E-state index in [4.69, 9.17) is 18.9 Å². The first kappa shape index (κ1) is 65.6. The molecule has 0 saturated carbocycles. The normalized spacial score (nSPS) is 25.9. The van der Waals surface area contributed by atoms with E-state index in [1.54, 1.807) is 0 Å². The number of allylic oxidation sites excluding steroid dienone is 4. The van der Waals surface area contributed by atoms with Crippen molar-refractivity contribution in [3.8, 4) is 0 Å². The number of unbranched alkanes of at least 4 members (excludes halogenated alkanes) is 29. The molecule has 2 rings (SSSR count). The molecule has 12 atom stereocenters. The number of aliphatic hydroxyl groups excluding tert-OH is 8. The molecule has 14 heteroatoms. The molecule has 0 radical (unpaired) electrons. The minimum Gasteiger partial charge on any atom is -0.394 e. The number of hydrogen-bond acceptors (Lipinski definition) is 13. The quantitative estimate of drug-likeness (QED) is 0.0205. The third kappa shape index (κ3) is 30.0. The number of aliphatic hydroxyl groups is 8. The van der Waals surface area contributed by atoms with E-state index in [1.165, 1.54) is 148 Å². The number of nitrogens with one attached hydrogen (secondary N) is 1. The molecule has 12 unspecified atom stereocenters. The average molecular weight is 1010 g/mol. The summed E-state index contributed by atoms with van der Waals surface area (Å²) >= 11 is 0. The lowest BCUT2D eigenvalue weighted by molar-refractivity contribution is -0.359. The van der Waals surface area contributed by atoms with Crippen LogP contribution in [0.5, 0.6) is 0 Å². The summed E-state index contributed by atoms with van der Waals surface area (Å²) < 4.78 is 22.8. The van der Waals surface area contributed by atoms with Gasteiger partial charge in [-0.2, -0.15) is 0 Å². The van der Waals surface area contributed by atoms with Gasteiger partial charge in [0.15, 0.2) is 12.6 Å². The molecular formula is C57H107NO13. The van der Waals surface area contributed by atoms with E-state index >= 15 is 0 Å². The number of carbonyl (C=O) groups excluding carboxylic acids is 1. The maximum absolute atomic E-state index is 13.2. The monoisotopic (exact) mass is 1010 g/mol. The molecule has 9 N–H and O–H groups in total. The fourth-order valence-corrected chi connectivity index (χ4v) is 9.68. The third-order valence-electron chi connectivity index (χ3n) is 14.4. The number of hydrogen-bond donors (Lipinski definition) is 9. The first-order valence-electron chi connectivity index (χ1n) is 29.1. The Morgan fingerprint density at radius 2 is 0.930 bits per heavy atom. The van der Waals surface area contributed by atoms with Gasteiger partial charge in [-0.1, -0.05) is 212 Å². The highest BCUT2D eigenvalue weighted by molar-refractivity contribution is 5.76. The minimum atomic E-state index is -1.78. The highest BCUT2D eigenvalue weighted by Crippen LogP contribution is 2.30. The van der Waals surface area contributed by atoms with Gasteiger partial charge >= 0.3 is 0 Å². The van der Waals surface area contributed by atoms with Crippen molar-refractivity contribution in [2.45, 2.75) is 312 Å². The van der Waals surface area contributed by atoms with Crippen molar-refractivity contribution in [1.82, 2.24) is 5.32 Å². The molecular weight excluding hydrogens is 907 g/mol. The van der Waals surface area contributed by atoms with Crippen LogP contribution in [0.1, 0.15) is 239 Å². The summed E-state index contributed by atoms with van der Waals surface area (Å²) in [7, 11) is 0. The summed E-state index contributed by atoms with van der Waals surface area (Å²) in [5.74, 6) is -0.213. The van der Waals surface area contributed by atoms with Gasteiger partial charge in [0.25, 0.3) is 0 Å². The second-order valence-corrected chi connectivity index (χ2v) is 20.8. The Labute approximate surface area is 430 Å². The van der Waals surface area contributed by atoms with E-state index in [0.29, 0.717) is 19.3 Å². The SMILES string of the molecule is CCCCC/C=C\C/C=C\CCCCCCCCCC(=O)NC(COC1OC(CO)C(OC2OC(CO)C(O)C(O)C2O)C(O)C1O)C(O)CCCCCCCCCCCCCCCCCCCCCC. The van der Waals surface area contributed by atoms with Gasteiger partial charge in [0.2, 0.25) is 5.91 Å². The summed E-state index contributed by atoms with van der Waals surface area (Å²) in [5.41, 5.74) is 0. The van der Waals surface area contributed by atoms with Crippen LogP contribution in [0.15, 0.2) is 24.3 Å². The molecule has 0 aromatic heterocycles. The van der Waals surface area contributed by atoms with Crippen molar-refractivity contribution in [2.24, 2.45) is 0 Å². The van der Waals surface area contributed by atoms with Crippen LogP contribution >= 0.6 is 0 Å². The summed E-state index contributed by atoms with van der Waals surface area (Å²) in [6.45, 7) is 2.85. The summed E-state index contributed by atoms with van der Waals surface area (Å²) in [5, 5.41) is 87.2. The summed E-state index contributed by atoms with van der Waals surface area (Å²) in [4.78, 5) is 13.2. The second-order valence-electron chi connectivity index (χ2n) is 20.8. The van der Waals surface area contributed by atoms with Gasteiger partial charge in [-0.15, -0.1) is 0 Å². The largest absolute Gasteiger partial charge is 0.394 e. The van der Waals surface area contributed by atoms with Gasteiger partial charge in [0.05, 0.1) is 32.0 Å². The highest BCUT2D eigenvalue weighted by atomic mass is 16.7. The molecule has 0 aromatic carbocycles. The molecule has 1 amide bonds. The van der Waals surface area contributed by atoms with Gasteiger partial charge in [0.1, 0.15) is 48.8 Å². The van der Waals surface area contributed by atoms with Gasteiger partial charge in [-0.25, -0.2) is 0 Å². The molecule has 2 heterocycles. The fourth-order valence-electron chi connectivity index (χ4n) is 9.68. The molecule has 14 nitrogen and oxygen atoms in total. The first-order chi connectivity index (χ1) is 34.6. The zero-order valence-corrected chi connectivity index (χ0v) is 44.7. The van der Waals surface area contributed by atoms with Gasteiger partial charge in [0, 0.05) is 6.42 Å². The second kappa shape index (κ2) is 43.7. The Kier molecular flexibility index (Phi) is 40.4. The van der Waals surface area contributed by atoms with Crippen LogP contribution in [0.2, 0.25) is 0 Å². The Morgan fingerprint density at radius 1 is 0.507 bits per heavy atom. The van der Waals surface area contributed by atoms with E-state index < -0.39 is 86.8 Å². The molecule has 2 fully saturated rings. The zero-order chi connectivity index (χ0) is 51.7. The summed E-state index contributed by atoms with van der Waals surface area (Å²) in [6.07, 6.45) is 33.1. The van der Waals surface area contributed by atoms with Gasteiger partial charge < -0.3 is 65.1 Å². The maximum atomic E-state index is 13.2. The lowest BCUT2D eigenvalue weighted by atomic mass is 9.97. The van der Waals surface area contributed by atoms with Crippen molar-refractivity contribution >= 4 is 5.91 Å². The van der Waals surface area contributed by atoms with Crippen LogP contribution in [-0.2, 0) is 23.7 Å². The standard InChI is InChI=1S/C57H107NO13/c1-3-5-7-9-11-13-15-17-19-21-22-23-25-26-28-30-32-34-36-38-40-46(61)45(58-49(62)41-39-37-35-33-31-29-27-24-20-18-16-14-12-10-8-6-4-2)44-68-56-54(67)52(65)55(48(43-60)70-56)71-57-53(66)51(64)50(63)47(42-59)69-57/h12,14,18,20,45-48,50-57,59-61,63-67H,3-11,13,15-17,19,21-44H2,1-2H3,(H,58,62)/b14-12-,20-18-. The number of rotatable bonds is 46. The van der Waals surface area contributed by atoms with Crippen LogP contribution in [0.3, 0.4) is 0 Å². The number of carbonyl (C=O) groups is 1. The van der Waals surface area contributed by atoms with E-state index in [9.17, 15) is 45.6 Å². The average Bonchev–Trinajstić information content (AvgIpc) is 3.37. The van der Waals surface area contributed by atoms with E-state index in [1.807, 2.05) is 0 Å². The molecule has 0 spiro atoms. The van der Waals surface area contributed by atoms with Crippen LogP contribution in [0.4, 0.5) is 0 Å². The molecule has 71 heavy (non-hydrogen) atoms. The van der Waals surface area contributed by atoms with Crippen molar-refractivity contribution in [2.75, 3.05) is 19.8 Å². The van der Waals surface area contributed by atoms with Crippen LogP contribution in [-0.4, -0.2) is 140 Å². The maximum Gasteiger partial charge on any atom is 0.220 e. The molecule has 2 aliphatic heterocycles. The Bertz CT molecular complexity index is 1290. The number of amides is 1. The van der Waals surface area contributed by atoms with Crippen LogP contribution in [0.25, 0.3) is 0 Å². The molecule has 418 valence electrons. The van der Waals surface area contributed by atoms with Gasteiger partial charge in [-0.3, -0.25) is 4.79 Å². The Balaban J connectivity index is 1.77. The van der Waals surface area contributed by atoms with E-state index in [2.05, 4.69) is 43.5 Å². The summed E-state index contributed by atoms with van der Waals surface area (Å²) in [6, 6.07) is -0.831. The van der Waals surface area contributed by atoms with Crippen molar-refractivity contribution in [3.63, 3.8) is 0 Å². The Hall–Kier alpha value is -1.53. The molecule has 0 aliphatic carbocycles. The lowest BCUT2D eigenvalue weighted by Crippen LogP contribution is -2.65. The molecule has 2 aliphatic rings. The first-order valence-corrected chi connectivity index (χ1v) is 29.1. The van der Waals surface area contributed by atoms with Gasteiger partial charge in [-0.05, 0) is 44.9 Å². The minimum absolute atomic E-state index is 0.213. The number of ether oxygens (including phenoxy) is 4. The molecule has 2 saturated heterocycles. The van der Waals surface area contributed by atoms with Crippen molar-refractivity contribution in [3.05, 3.63) is 24.3 Å². The highest BCUT2D eigenvalue weighted by Gasteiger charge is 2.51. The predicted molar refractivity (Wildman–Crippen MR) is 282 cm³/mol. The predicted octanol–water partition coefficient (Wildman–Crippen LogP) is 9.28. The van der Waals surface area contributed by atoms with Crippen LogP contribution < -0.4 is 5.32 Å². The van der Waals surface area contributed by atoms with Crippen LogP contribution in [0, 0.1) is 0 Å². The Morgan fingerprint density at radius 3 is 1.44 bits per heavy atom. The fraction of sp³-hybridized carbons (Fsp3) is 0.912. The molecule has 0 bridgehead atoms. The lowest BCUT2D eigenvalue weighted by Gasteiger charge is -2.46. The smallest absolute Gasteiger partial charge is 0.220 e. The van der Waals surface area contributed by atoms with E-state index in [0.717, 1.165) is 57.8 Å².